The fraction of sp³-hybridized carbons (Fsp3) is 0.200. The Balaban J connectivity index is 2.10. The third kappa shape index (κ3) is 3.38. The Hall–Kier alpha value is -2.96. The molecule has 1 aromatic heterocycles. The number of nitro benzene ring substituents is 1. The molecule has 0 saturated carbocycles. The zero-order valence-electron chi connectivity index (χ0n) is 12.4. The number of hydrazone groups is 1. The molecule has 114 valence electrons. The number of carbonyl (C=O) groups excluding carboxylic acids is 1. The van der Waals surface area contributed by atoms with Crippen molar-refractivity contribution in [2.45, 2.75) is 20.8 Å². The lowest BCUT2D eigenvalue weighted by Crippen LogP contribution is -2.17. The van der Waals surface area contributed by atoms with Gasteiger partial charge >= 0.3 is 0 Å². The normalized spacial score (nSPS) is 10.9. The molecule has 1 aromatic carbocycles. The molecule has 0 spiro atoms. The van der Waals surface area contributed by atoms with E-state index in [1.165, 1.54) is 12.3 Å². The van der Waals surface area contributed by atoms with Gasteiger partial charge in [0.1, 0.15) is 11.5 Å². The van der Waals surface area contributed by atoms with Crippen LogP contribution in [0.5, 0.6) is 0 Å². The van der Waals surface area contributed by atoms with Crippen LogP contribution in [0.15, 0.2) is 33.8 Å². The van der Waals surface area contributed by atoms with Crippen molar-refractivity contribution in [3.05, 3.63) is 62.6 Å². The number of hydrogen-bond acceptors (Lipinski definition) is 5. The summed E-state index contributed by atoms with van der Waals surface area (Å²) < 4.78 is 5.27. The number of aryl methyl sites for hydroxylation is 3. The number of nitrogens with zero attached hydrogens (tertiary/aromatic N) is 2. The first kappa shape index (κ1) is 15.4. The highest BCUT2D eigenvalue weighted by atomic mass is 16.6. The Kier molecular flexibility index (Phi) is 4.36. The van der Waals surface area contributed by atoms with Crippen LogP contribution in [-0.2, 0) is 0 Å². The topological polar surface area (TPSA) is 97.7 Å². The van der Waals surface area contributed by atoms with Gasteiger partial charge < -0.3 is 4.42 Å². The van der Waals surface area contributed by atoms with Gasteiger partial charge in [-0.25, -0.2) is 5.43 Å². The fourth-order valence-corrected chi connectivity index (χ4v) is 1.99. The molecule has 0 atom stereocenters. The quantitative estimate of drug-likeness (QED) is 0.533. The van der Waals surface area contributed by atoms with Gasteiger partial charge in [-0.1, -0.05) is 12.1 Å². The summed E-state index contributed by atoms with van der Waals surface area (Å²) in [5.74, 6) is 0.754. The molecule has 0 fully saturated rings. The lowest BCUT2D eigenvalue weighted by Gasteiger charge is -1.99. The SMILES string of the molecule is Cc1cc(C(=O)N/N=C\c2ccc(C)c([N+](=O)[O-])c2)c(C)o1. The van der Waals surface area contributed by atoms with Gasteiger partial charge in [0, 0.05) is 17.2 Å². The maximum absolute atomic E-state index is 11.9. The van der Waals surface area contributed by atoms with Gasteiger partial charge in [-0.2, -0.15) is 5.10 Å². The molecule has 0 aliphatic heterocycles. The first-order valence-electron chi connectivity index (χ1n) is 6.54. The third-order valence-corrected chi connectivity index (χ3v) is 3.10. The van der Waals surface area contributed by atoms with Crippen molar-refractivity contribution in [1.82, 2.24) is 5.43 Å². The van der Waals surface area contributed by atoms with Crippen LogP contribution in [0.1, 0.15) is 33.0 Å². The molecule has 1 amide bonds. The number of rotatable bonds is 4. The Morgan fingerprint density at radius 3 is 2.64 bits per heavy atom. The number of carbonyl (C=O) groups is 1. The minimum Gasteiger partial charge on any atom is -0.466 e. The first-order valence-corrected chi connectivity index (χ1v) is 6.54. The summed E-state index contributed by atoms with van der Waals surface area (Å²) in [5.41, 5.74) is 3.87. The van der Waals surface area contributed by atoms with E-state index >= 15 is 0 Å². The summed E-state index contributed by atoms with van der Waals surface area (Å²) in [5, 5.41) is 14.7. The second kappa shape index (κ2) is 6.21. The van der Waals surface area contributed by atoms with Crippen molar-refractivity contribution in [3.63, 3.8) is 0 Å². The predicted octanol–water partition coefficient (Wildman–Crippen LogP) is 2.88. The Bertz CT molecular complexity index is 762. The summed E-state index contributed by atoms with van der Waals surface area (Å²) in [4.78, 5) is 22.3. The molecule has 0 aliphatic carbocycles. The Morgan fingerprint density at radius 1 is 1.32 bits per heavy atom. The van der Waals surface area contributed by atoms with E-state index in [4.69, 9.17) is 4.42 Å². The predicted molar refractivity (Wildman–Crippen MR) is 81.1 cm³/mol. The van der Waals surface area contributed by atoms with Crippen molar-refractivity contribution in [2.24, 2.45) is 5.10 Å². The molecule has 0 aliphatic rings. The maximum atomic E-state index is 11.9. The number of nitro groups is 1. The van der Waals surface area contributed by atoms with E-state index in [1.54, 1.807) is 39.0 Å². The van der Waals surface area contributed by atoms with Gasteiger partial charge in [-0.3, -0.25) is 14.9 Å². The average Bonchev–Trinajstić information content (AvgIpc) is 2.79. The number of benzene rings is 1. The van der Waals surface area contributed by atoms with Crippen LogP contribution in [0.4, 0.5) is 5.69 Å². The van der Waals surface area contributed by atoms with Crippen LogP contribution in [-0.4, -0.2) is 17.0 Å². The Morgan fingerprint density at radius 2 is 2.05 bits per heavy atom. The zero-order chi connectivity index (χ0) is 16.3. The molecule has 0 saturated heterocycles. The molecule has 0 radical (unpaired) electrons. The van der Waals surface area contributed by atoms with Crippen molar-refractivity contribution in [2.75, 3.05) is 0 Å². The number of hydrogen-bond donors (Lipinski definition) is 1. The van der Waals surface area contributed by atoms with E-state index in [1.807, 2.05) is 0 Å². The lowest BCUT2D eigenvalue weighted by molar-refractivity contribution is -0.385. The van der Waals surface area contributed by atoms with Crippen LogP contribution in [0.25, 0.3) is 0 Å². The van der Waals surface area contributed by atoms with Crippen molar-refractivity contribution in [1.29, 1.82) is 0 Å². The van der Waals surface area contributed by atoms with E-state index in [0.717, 1.165) is 0 Å². The highest BCUT2D eigenvalue weighted by molar-refractivity contribution is 5.95. The molecular formula is C15H15N3O4. The van der Waals surface area contributed by atoms with E-state index in [2.05, 4.69) is 10.5 Å². The summed E-state index contributed by atoms with van der Waals surface area (Å²) >= 11 is 0. The first-order chi connectivity index (χ1) is 10.4. The van der Waals surface area contributed by atoms with E-state index in [0.29, 0.717) is 28.2 Å². The molecule has 1 N–H and O–H groups in total. The van der Waals surface area contributed by atoms with Gasteiger partial charge in [0.05, 0.1) is 16.7 Å². The minimum absolute atomic E-state index is 0.0107. The monoisotopic (exact) mass is 301 g/mol. The van der Waals surface area contributed by atoms with Crippen LogP contribution in [0.3, 0.4) is 0 Å². The molecule has 22 heavy (non-hydrogen) atoms. The summed E-state index contributed by atoms with van der Waals surface area (Å²) in [6, 6.07) is 6.34. The molecule has 0 bridgehead atoms. The van der Waals surface area contributed by atoms with Gasteiger partial charge in [-0.05, 0) is 26.8 Å². The highest BCUT2D eigenvalue weighted by Gasteiger charge is 2.13. The number of nitrogens with one attached hydrogen (secondary N) is 1. The van der Waals surface area contributed by atoms with Gasteiger partial charge in [-0.15, -0.1) is 0 Å². The smallest absolute Gasteiger partial charge is 0.274 e. The number of amides is 1. The lowest BCUT2D eigenvalue weighted by atomic mass is 10.1. The molecule has 0 unspecified atom stereocenters. The van der Waals surface area contributed by atoms with E-state index in [9.17, 15) is 14.9 Å². The van der Waals surface area contributed by atoms with E-state index < -0.39 is 10.8 Å². The largest absolute Gasteiger partial charge is 0.466 e. The van der Waals surface area contributed by atoms with Crippen molar-refractivity contribution < 1.29 is 14.1 Å². The second-order valence-electron chi connectivity index (χ2n) is 4.83. The van der Waals surface area contributed by atoms with Crippen molar-refractivity contribution in [3.8, 4) is 0 Å². The maximum Gasteiger partial charge on any atom is 0.274 e. The zero-order valence-corrected chi connectivity index (χ0v) is 12.4. The standard InChI is InChI=1S/C15H15N3O4/c1-9-4-5-12(7-14(9)18(20)21)8-16-17-15(19)13-6-10(2)22-11(13)3/h4-8H,1-3H3,(H,17,19)/b16-8-. The van der Waals surface area contributed by atoms with Crippen LogP contribution < -0.4 is 5.43 Å². The Labute approximate surface area is 126 Å². The average molecular weight is 301 g/mol. The highest BCUT2D eigenvalue weighted by Crippen LogP contribution is 2.18. The molecular weight excluding hydrogens is 286 g/mol. The summed E-state index contributed by atoms with van der Waals surface area (Å²) in [6.45, 7) is 5.10. The van der Waals surface area contributed by atoms with E-state index in [-0.39, 0.29) is 5.69 Å². The number of furan rings is 1. The molecule has 2 rings (SSSR count). The summed E-state index contributed by atoms with van der Waals surface area (Å²) in [6.07, 6.45) is 1.35. The summed E-state index contributed by atoms with van der Waals surface area (Å²) in [7, 11) is 0. The van der Waals surface area contributed by atoms with Crippen LogP contribution in [0, 0.1) is 30.9 Å². The van der Waals surface area contributed by atoms with Gasteiger partial charge in [0.15, 0.2) is 0 Å². The van der Waals surface area contributed by atoms with Crippen LogP contribution in [0.2, 0.25) is 0 Å². The van der Waals surface area contributed by atoms with Crippen molar-refractivity contribution >= 4 is 17.8 Å². The fourth-order valence-electron chi connectivity index (χ4n) is 1.99. The molecule has 7 heteroatoms. The molecule has 1 heterocycles. The van der Waals surface area contributed by atoms with Crippen LogP contribution >= 0.6 is 0 Å². The minimum atomic E-state index is -0.455. The second-order valence-corrected chi connectivity index (χ2v) is 4.83. The molecule has 2 aromatic rings. The third-order valence-electron chi connectivity index (χ3n) is 3.10. The molecule has 7 nitrogen and oxygen atoms in total. The van der Waals surface area contributed by atoms with Gasteiger partial charge in [0.25, 0.3) is 11.6 Å². The van der Waals surface area contributed by atoms with Gasteiger partial charge in [0.2, 0.25) is 0 Å².